The highest BCUT2D eigenvalue weighted by Crippen LogP contribution is 2.28. The Labute approximate surface area is 143 Å². The Bertz CT molecular complexity index is 987. The molecule has 0 aliphatic rings. The summed E-state index contributed by atoms with van der Waals surface area (Å²) in [5.74, 6) is 1.25. The standard InChI is InChI=1S/C19H13FN4O/c20-16-8-14(9-18(10-16)25-17-4-3-6-21-12-17)15-11-23-24(13-15)19-5-1-2-7-22-19/h1-13H. The predicted octanol–water partition coefficient (Wildman–Crippen LogP) is 4.26. The molecule has 3 aromatic heterocycles. The summed E-state index contributed by atoms with van der Waals surface area (Å²) in [4.78, 5) is 8.22. The molecule has 0 bridgehead atoms. The number of nitrogens with zero attached hydrogens (tertiary/aromatic N) is 4. The lowest BCUT2D eigenvalue weighted by Gasteiger charge is -2.07. The van der Waals surface area contributed by atoms with E-state index in [4.69, 9.17) is 4.74 Å². The first-order chi connectivity index (χ1) is 12.3. The molecule has 6 heteroatoms. The molecule has 25 heavy (non-hydrogen) atoms. The second kappa shape index (κ2) is 6.52. The van der Waals surface area contributed by atoms with Gasteiger partial charge in [-0.25, -0.2) is 14.1 Å². The van der Waals surface area contributed by atoms with Crippen molar-refractivity contribution in [3.8, 4) is 28.4 Å². The van der Waals surface area contributed by atoms with Crippen molar-refractivity contribution in [3.05, 3.63) is 85.3 Å². The number of hydrogen-bond acceptors (Lipinski definition) is 4. The fourth-order valence-electron chi connectivity index (χ4n) is 2.42. The lowest BCUT2D eigenvalue weighted by molar-refractivity contribution is 0.475. The van der Waals surface area contributed by atoms with E-state index in [-0.39, 0.29) is 5.82 Å². The quantitative estimate of drug-likeness (QED) is 0.560. The fraction of sp³-hybridized carbons (Fsp3) is 0. The predicted molar refractivity (Wildman–Crippen MR) is 91.1 cm³/mol. The van der Waals surface area contributed by atoms with E-state index in [2.05, 4.69) is 15.1 Å². The summed E-state index contributed by atoms with van der Waals surface area (Å²) < 4.78 is 21.3. The van der Waals surface area contributed by atoms with Crippen molar-refractivity contribution < 1.29 is 9.13 Å². The molecule has 122 valence electrons. The first-order valence-electron chi connectivity index (χ1n) is 7.63. The van der Waals surface area contributed by atoms with Gasteiger partial charge in [0, 0.05) is 30.2 Å². The van der Waals surface area contributed by atoms with Gasteiger partial charge in [-0.05, 0) is 42.0 Å². The molecular formula is C19H13FN4O. The van der Waals surface area contributed by atoms with Gasteiger partial charge in [0.05, 0.1) is 12.4 Å². The van der Waals surface area contributed by atoms with Crippen LogP contribution in [0.15, 0.2) is 79.5 Å². The molecule has 0 amide bonds. The third-order valence-corrected chi connectivity index (χ3v) is 3.54. The summed E-state index contributed by atoms with van der Waals surface area (Å²) in [7, 11) is 0. The van der Waals surface area contributed by atoms with Gasteiger partial charge in [0.25, 0.3) is 0 Å². The molecule has 5 nitrogen and oxygen atoms in total. The third kappa shape index (κ3) is 3.37. The highest BCUT2D eigenvalue weighted by Gasteiger charge is 2.08. The zero-order valence-corrected chi connectivity index (χ0v) is 13.1. The lowest BCUT2D eigenvalue weighted by atomic mass is 10.1. The molecule has 0 saturated heterocycles. The first kappa shape index (κ1) is 15.0. The maximum atomic E-state index is 14.0. The van der Waals surface area contributed by atoms with Crippen LogP contribution in [0.3, 0.4) is 0 Å². The van der Waals surface area contributed by atoms with Crippen LogP contribution in [0.25, 0.3) is 16.9 Å². The van der Waals surface area contributed by atoms with Crippen molar-refractivity contribution in [2.45, 2.75) is 0 Å². The Morgan fingerprint density at radius 1 is 0.880 bits per heavy atom. The van der Waals surface area contributed by atoms with Gasteiger partial charge in [-0.3, -0.25) is 4.98 Å². The van der Waals surface area contributed by atoms with Crippen molar-refractivity contribution in [2.75, 3.05) is 0 Å². The minimum Gasteiger partial charge on any atom is -0.456 e. The van der Waals surface area contributed by atoms with E-state index in [0.29, 0.717) is 22.9 Å². The smallest absolute Gasteiger partial charge is 0.153 e. The van der Waals surface area contributed by atoms with Gasteiger partial charge in [-0.2, -0.15) is 5.10 Å². The first-order valence-corrected chi connectivity index (χ1v) is 7.63. The van der Waals surface area contributed by atoms with Crippen LogP contribution in [0.5, 0.6) is 11.5 Å². The van der Waals surface area contributed by atoms with Crippen molar-refractivity contribution in [1.82, 2.24) is 19.7 Å². The van der Waals surface area contributed by atoms with Gasteiger partial charge in [-0.1, -0.05) is 6.07 Å². The highest BCUT2D eigenvalue weighted by atomic mass is 19.1. The largest absolute Gasteiger partial charge is 0.456 e. The Kier molecular flexibility index (Phi) is 3.92. The van der Waals surface area contributed by atoms with Crippen LogP contribution in [0, 0.1) is 5.82 Å². The van der Waals surface area contributed by atoms with Crippen molar-refractivity contribution >= 4 is 0 Å². The zero-order valence-electron chi connectivity index (χ0n) is 13.1. The average Bonchev–Trinajstić information content (AvgIpc) is 3.13. The molecule has 0 unspecified atom stereocenters. The normalized spacial score (nSPS) is 10.6. The van der Waals surface area contributed by atoms with Gasteiger partial charge in [0.2, 0.25) is 0 Å². The molecule has 1 aromatic carbocycles. The van der Waals surface area contributed by atoms with Crippen LogP contribution in [0.4, 0.5) is 4.39 Å². The summed E-state index contributed by atoms with van der Waals surface area (Å²) in [6.45, 7) is 0. The molecule has 0 aliphatic carbocycles. The maximum absolute atomic E-state index is 14.0. The summed E-state index contributed by atoms with van der Waals surface area (Å²) in [5.41, 5.74) is 1.43. The second-order valence-corrected chi connectivity index (χ2v) is 5.33. The van der Waals surface area contributed by atoms with Gasteiger partial charge in [0.1, 0.15) is 17.3 Å². The minimum absolute atomic E-state index is 0.387. The second-order valence-electron chi connectivity index (χ2n) is 5.33. The fourth-order valence-corrected chi connectivity index (χ4v) is 2.42. The van der Waals surface area contributed by atoms with Crippen molar-refractivity contribution in [3.63, 3.8) is 0 Å². The molecule has 0 fully saturated rings. The maximum Gasteiger partial charge on any atom is 0.153 e. The summed E-state index contributed by atoms with van der Waals surface area (Å²) >= 11 is 0. The van der Waals surface area contributed by atoms with Crippen LogP contribution < -0.4 is 4.74 Å². The number of hydrogen-bond donors (Lipinski definition) is 0. The molecule has 0 atom stereocenters. The molecule has 0 N–H and O–H groups in total. The summed E-state index contributed by atoms with van der Waals surface area (Å²) in [5, 5.41) is 4.29. The van der Waals surface area contributed by atoms with Crippen LogP contribution in [-0.4, -0.2) is 19.7 Å². The molecule has 0 spiro atoms. The van der Waals surface area contributed by atoms with Gasteiger partial charge in [0.15, 0.2) is 5.82 Å². The lowest BCUT2D eigenvalue weighted by Crippen LogP contribution is -1.95. The third-order valence-electron chi connectivity index (χ3n) is 3.54. The van der Waals surface area contributed by atoms with Gasteiger partial charge < -0.3 is 4.74 Å². The topological polar surface area (TPSA) is 52.8 Å². The van der Waals surface area contributed by atoms with Crippen LogP contribution in [-0.2, 0) is 0 Å². The van der Waals surface area contributed by atoms with Crippen molar-refractivity contribution in [1.29, 1.82) is 0 Å². The molecule has 0 aliphatic heterocycles. The Morgan fingerprint density at radius 2 is 1.84 bits per heavy atom. The van der Waals surface area contributed by atoms with Crippen LogP contribution in [0.2, 0.25) is 0 Å². The van der Waals surface area contributed by atoms with E-state index in [1.807, 2.05) is 18.2 Å². The number of pyridine rings is 2. The minimum atomic E-state index is -0.387. The molecular weight excluding hydrogens is 319 g/mol. The summed E-state index contributed by atoms with van der Waals surface area (Å²) in [6.07, 6.45) is 8.38. The number of rotatable bonds is 4. The van der Waals surface area contributed by atoms with Crippen molar-refractivity contribution in [2.24, 2.45) is 0 Å². The zero-order chi connectivity index (χ0) is 17.1. The molecule has 0 radical (unpaired) electrons. The van der Waals surface area contributed by atoms with E-state index in [1.54, 1.807) is 53.9 Å². The molecule has 4 aromatic rings. The number of ether oxygens (including phenoxy) is 1. The monoisotopic (exact) mass is 332 g/mol. The van der Waals surface area contributed by atoms with E-state index in [1.165, 1.54) is 12.1 Å². The number of halogens is 1. The van der Waals surface area contributed by atoms with Crippen LogP contribution in [0.1, 0.15) is 0 Å². The SMILES string of the molecule is Fc1cc(Oc2cccnc2)cc(-c2cnn(-c3ccccn3)c2)c1. The Morgan fingerprint density at radius 3 is 2.64 bits per heavy atom. The van der Waals surface area contributed by atoms with E-state index in [0.717, 1.165) is 5.56 Å². The molecule has 3 heterocycles. The molecule has 4 rings (SSSR count). The van der Waals surface area contributed by atoms with E-state index in [9.17, 15) is 4.39 Å². The average molecular weight is 332 g/mol. The number of benzene rings is 1. The molecule has 0 saturated carbocycles. The van der Waals surface area contributed by atoms with E-state index < -0.39 is 0 Å². The Hall–Kier alpha value is -3.54. The van der Waals surface area contributed by atoms with Crippen LogP contribution >= 0.6 is 0 Å². The number of aromatic nitrogens is 4. The van der Waals surface area contributed by atoms with Gasteiger partial charge >= 0.3 is 0 Å². The summed E-state index contributed by atoms with van der Waals surface area (Å²) in [6, 6.07) is 13.6. The highest BCUT2D eigenvalue weighted by molar-refractivity contribution is 5.64. The Balaban J connectivity index is 1.66. The van der Waals surface area contributed by atoms with Gasteiger partial charge in [-0.15, -0.1) is 0 Å². The van der Waals surface area contributed by atoms with E-state index >= 15 is 0 Å².